The number of anilines is 1. The quantitative estimate of drug-likeness (QED) is 0.816. The molecule has 0 aliphatic heterocycles. The lowest BCUT2D eigenvalue weighted by molar-refractivity contribution is -0.115. The molecule has 0 atom stereocenters. The first kappa shape index (κ1) is 14.9. The molecule has 0 unspecified atom stereocenters. The van der Waals surface area contributed by atoms with Gasteiger partial charge in [0.1, 0.15) is 5.76 Å². The van der Waals surface area contributed by atoms with E-state index < -0.39 is 0 Å². The van der Waals surface area contributed by atoms with Crippen molar-refractivity contribution in [2.75, 3.05) is 26.1 Å². The van der Waals surface area contributed by atoms with Gasteiger partial charge in [-0.05, 0) is 24.3 Å². The second-order valence-corrected chi connectivity index (χ2v) is 4.30. The van der Waals surface area contributed by atoms with E-state index in [0.717, 1.165) is 5.76 Å². The standard InChI is InChI=1S/C15H18N2O4/c1-19-13-6-5-11(8-14(13)20-2)17-15(18)10-16-9-12-4-3-7-21-12/h3-8,16H,9-10H2,1-2H3,(H,17,18). The number of amides is 1. The summed E-state index contributed by atoms with van der Waals surface area (Å²) in [5.74, 6) is 1.83. The average Bonchev–Trinajstić information content (AvgIpc) is 3.00. The summed E-state index contributed by atoms with van der Waals surface area (Å²) in [4.78, 5) is 11.8. The van der Waals surface area contributed by atoms with Crippen LogP contribution >= 0.6 is 0 Å². The van der Waals surface area contributed by atoms with Crippen molar-refractivity contribution in [3.05, 3.63) is 42.4 Å². The summed E-state index contributed by atoms with van der Waals surface area (Å²) in [5.41, 5.74) is 0.650. The first-order valence-electron chi connectivity index (χ1n) is 6.48. The van der Waals surface area contributed by atoms with Crippen LogP contribution in [0.1, 0.15) is 5.76 Å². The summed E-state index contributed by atoms with van der Waals surface area (Å²) in [6.45, 7) is 0.696. The van der Waals surface area contributed by atoms with E-state index in [1.807, 2.05) is 6.07 Å². The molecule has 1 aromatic heterocycles. The number of rotatable bonds is 7. The van der Waals surface area contributed by atoms with Crippen molar-refractivity contribution in [2.45, 2.75) is 6.54 Å². The molecule has 1 heterocycles. The number of benzene rings is 1. The fourth-order valence-corrected chi connectivity index (χ4v) is 1.83. The van der Waals surface area contributed by atoms with Gasteiger partial charge in [0, 0.05) is 11.8 Å². The Labute approximate surface area is 123 Å². The van der Waals surface area contributed by atoms with E-state index in [-0.39, 0.29) is 12.5 Å². The number of furan rings is 1. The lowest BCUT2D eigenvalue weighted by Crippen LogP contribution is -2.27. The molecule has 6 nitrogen and oxygen atoms in total. The Morgan fingerprint density at radius 1 is 1.19 bits per heavy atom. The minimum absolute atomic E-state index is 0.145. The Morgan fingerprint density at radius 3 is 2.67 bits per heavy atom. The second-order valence-electron chi connectivity index (χ2n) is 4.30. The van der Waals surface area contributed by atoms with E-state index in [1.54, 1.807) is 44.7 Å². The van der Waals surface area contributed by atoms with Gasteiger partial charge < -0.3 is 24.5 Å². The van der Waals surface area contributed by atoms with Crippen LogP contribution in [0.2, 0.25) is 0 Å². The van der Waals surface area contributed by atoms with E-state index in [1.165, 1.54) is 0 Å². The highest BCUT2D eigenvalue weighted by atomic mass is 16.5. The predicted octanol–water partition coefficient (Wildman–Crippen LogP) is 2.03. The van der Waals surface area contributed by atoms with Gasteiger partial charge in [0.05, 0.1) is 33.6 Å². The molecule has 0 spiro atoms. The molecule has 0 saturated heterocycles. The van der Waals surface area contributed by atoms with Crippen LogP contribution in [-0.4, -0.2) is 26.7 Å². The highest BCUT2D eigenvalue weighted by molar-refractivity contribution is 5.92. The van der Waals surface area contributed by atoms with Crippen molar-refractivity contribution < 1.29 is 18.7 Å². The van der Waals surface area contributed by atoms with Gasteiger partial charge >= 0.3 is 0 Å². The van der Waals surface area contributed by atoms with Crippen molar-refractivity contribution in [1.29, 1.82) is 0 Å². The Kier molecular flexibility index (Phi) is 5.22. The van der Waals surface area contributed by atoms with E-state index in [0.29, 0.717) is 23.7 Å². The van der Waals surface area contributed by atoms with Crippen LogP contribution in [0.4, 0.5) is 5.69 Å². The maximum Gasteiger partial charge on any atom is 0.238 e. The topological polar surface area (TPSA) is 72.7 Å². The van der Waals surface area contributed by atoms with Crippen LogP contribution in [0.5, 0.6) is 11.5 Å². The summed E-state index contributed by atoms with van der Waals surface area (Å²) in [6, 6.07) is 8.86. The second kappa shape index (κ2) is 7.35. The van der Waals surface area contributed by atoms with Gasteiger partial charge in [-0.15, -0.1) is 0 Å². The maximum absolute atomic E-state index is 11.8. The van der Waals surface area contributed by atoms with Gasteiger partial charge in [-0.1, -0.05) is 0 Å². The monoisotopic (exact) mass is 290 g/mol. The molecular formula is C15H18N2O4. The number of ether oxygens (including phenoxy) is 2. The molecule has 0 fully saturated rings. The first-order valence-corrected chi connectivity index (χ1v) is 6.48. The molecule has 0 bridgehead atoms. The Balaban J connectivity index is 1.84. The fraction of sp³-hybridized carbons (Fsp3) is 0.267. The van der Waals surface area contributed by atoms with Crippen LogP contribution in [0, 0.1) is 0 Å². The summed E-state index contributed by atoms with van der Waals surface area (Å²) in [5, 5.41) is 5.78. The molecule has 2 rings (SSSR count). The van der Waals surface area contributed by atoms with Crippen LogP contribution in [0.25, 0.3) is 0 Å². The third-order valence-electron chi connectivity index (χ3n) is 2.83. The van der Waals surface area contributed by atoms with Gasteiger partial charge in [0.2, 0.25) is 5.91 Å². The highest BCUT2D eigenvalue weighted by Gasteiger charge is 2.07. The SMILES string of the molecule is COc1ccc(NC(=O)CNCc2ccco2)cc1OC. The predicted molar refractivity (Wildman–Crippen MR) is 78.6 cm³/mol. The molecule has 1 amide bonds. The molecule has 1 aromatic carbocycles. The Bertz CT molecular complexity index is 581. The minimum atomic E-state index is -0.145. The Hall–Kier alpha value is -2.47. The van der Waals surface area contributed by atoms with Gasteiger partial charge in [-0.3, -0.25) is 4.79 Å². The molecule has 0 aliphatic carbocycles. The summed E-state index contributed by atoms with van der Waals surface area (Å²) >= 11 is 0. The summed E-state index contributed by atoms with van der Waals surface area (Å²) in [7, 11) is 3.11. The van der Waals surface area contributed by atoms with Crippen molar-refractivity contribution >= 4 is 11.6 Å². The van der Waals surface area contributed by atoms with Gasteiger partial charge in [-0.25, -0.2) is 0 Å². The Morgan fingerprint density at radius 2 is 2.00 bits per heavy atom. The average molecular weight is 290 g/mol. The first-order chi connectivity index (χ1) is 10.2. The van der Waals surface area contributed by atoms with Crippen LogP contribution < -0.4 is 20.1 Å². The third-order valence-corrected chi connectivity index (χ3v) is 2.83. The number of methoxy groups -OCH3 is 2. The molecule has 2 aromatic rings. The summed E-state index contributed by atoms with van der Waals surface area (Å²) in [6.07, 6.45) is 1.60. The molecule has 0 aliphatic rings. The van der Waals surface area contributed by atoms with Gasteiger partial charge in [-0.2, -0.15) is 0 Å². The third kappa shape index (κ3) is 4.25. The van der Waals surface area contributed by atoms with Gasteiger partial charge in [0.25, 0.3) is 0 Å². The zero-order valence-electron chi connectivity index (χ0n) is 12.0. The lowest BCUT2D eigenvalue weighted by atomic mass is 10.2. The number of hydrogen-bond donors (Lipinski definition) is 2. The van der Waals surface area contributed by atoms with Crippen LogP contribution in [-0.2, 0) is 11.3 Å². The smallest absolute Gasteiger partial charge is 0.238 e. The molecule has 6 heteroatoms. The molecule has 0 saturated carbocycles. The van der Waals surface area contributed by atoms with Crippen molar-refractivity contribution in [3.8, 4) is 11.5 Å². The van der Waals surface area contributed by atoms with Crippen molar-refractivity contribution in [3.63, 3.8) is 0 Å². The minimum Gasteiger partial charge on any atom is -0.493 e. The fourth-order valence-electron chi connectivity index (χ4n) is 1.83. The zero-order chi connectivity index (χ0) is 15.1. The van der Waals surface area contributed by atoms with E-state index >= 15 is 0 Å². The number of carbonyl (C=O) groups excluding carboxylic acids is 1. The maximum atomic E-state index is 11.8. The van der Waals surface area contributed by atoms with Gasteiger partial charge in [0.15, 0.2) is 11.5 Å². The lowest BCUT2D eigenvalue weighted by Gasteiger charge is -2.10. The number of nitrogens with one attached hydrogen (secondary N) is 2. The zero-order valence-corrected chi connectivity index (χ0v) is 12.0. The molecule has 0 radical (unpaired) electrons. The number of hydrogen-bond acceptors (Lipinski definition) is 5. The highest BCUT2D eigenvalue weighted by Crippen LogP contribution is 2.29. The molecule has 21 heavy (non-hydrogen) atoms. The molecular weight excluding hydrogens is 272 g/mol. The molecule has 112 valence electrons. The van der Waals surface area contributed by atoms with E-state index in [2.05, 4.69) is 10.6 Å². The van der Waals surface area contributed by atoms with E-state index in [9.17, 15) is 4.79 Å². The van der Waals surface area contributed by atoms with Crippen LogP contribution in [0.3, 0.4) is 0 Å². The molecule has 2 N–H and O–H groups in total. The van der Waals surface area contributed by atoms with E-state index in [4.69, 9.17) is 13.9 Å². The number of carbonyl (C=O) groups is 1. The van der Waals surface area contributed by atoms with Crippen molar-refractivity contribution in [1.82, 2.24) is 5.32 Å². The van der Waals surface area contributed by atoms with Crippen molar-refractivity contribution in [2.24, 2.45) is 0 Å². The normalized spacial score (nSPS) is 10.2. The van der Waals surface area contributed by atoms with Crippen LogP contribution in [0.15, 0.2) is 41.0 Å². The summed E-state index contributed by atoms with van der Waals surface area (Å²) < 4.78 is 15.5. The largest absolute Gasteiger partial charge is 0.493 e.